The van der Waals surface area contributed by atoms with Crippen molar-refractivity contribution in [3.8, 4) is 11.4 Å². The van der Waals surface area contributed by atoms with Gasteiger partial charge in [0.05, 0.1) is 6.61 Å². The molecule has 5 nitrogen and oxygen atoms in total. The fraction of sp³-hybridized carbons (Fsp3) is 0.273. The molecule has 1 aromatic heterocycles. The molecule has 0 saturated heterocycles. The van der Waals surface area contributed by atoms with E-state index in [-0.39, 0.29) is 18.3 Å². The van der Waals surface area contributed by atoms with Crippen molar-refractivity contribution in [1.82, 2.24) is 10.1 Å². The van der Waals surface area contributed by atoms with Crippen molar-refractivity contribution in [3.63, 3.8) is 0 Å². The number of hydrogen-bond acceptors (Lipinski definition) is 5. The topological polar surface area (TPSA) is 74.2 Å². The molecule has 0 amide bonds. The highest BCUT2D eigenvalue weighted by Gasteiger charge is 2.15. The second kappa shape index (κ2) is 5.03. The minimum Gasteiger partial charge on any atom is -0.383 e. The summed E-state index contributed by atoms with van der Waals surface area (Å²) >= 11 is 0. The van der Waals surface area contributed by atoms with E-state index in [1.54, 1.807) is 12.1 Å². The Balaban J connectivity index is 2.23. The van der Waals surface area contributed by atoms with Gasteiger partial charge in [-0.05, 0) is 12.1 Å². The van der Waals surface area contributed by atoms with Gasteiger partial charge in [0.1, 0.15) is 11.9 Å². The highest BCUT2D eigenvalue weighted by Crippen LogP contribution is 2.18. The van der Waals surface area contributed by atoms with E-state index in [0.29, 0.717) is 11.4 Å². The van der Waals surface area contributed by atoms with Crippen LogP contribution in [0.15, 0.2) is 28.8 Å². The molecule has 2 rings (SSSR count). The first-order chi connectivity index (χ1) is 8.20. The molecule has 17 heavy (non-hydrogen) atoms. The van der Waals surface area contributed by atoms with E-state index in [9.17, 15) is 4.39 Å². The maximum Gasteiger partial charge on any atom is 0.246 e. The molecule has 0 saturated carbocycles. The second-order valence-corrected chi connectivity index (χ2v) is 3.53. The first kappa shape index (κ1) is 11.7. The van der Waals surface area contributed by atoms with Crippen LogP contribution in [0.5, 0.6) is 0 Å². The first-order valence-electron chi connectivity index (χ1n) is 5.05. The monoisotopic (exact) mass is 237 g/mol. The van der Waals surface area contributed by atoms with Crippen LogP contribution in [0.25, 0.3) is 11.4 Å². The summed E-state index contributed by atoms with van der Waals surface area (Å²) < 4.78 is 22.9. The van der Waals surface area contributed by atoms with E-state index in [4.69, 9.17) is 15.0 Å². The smallest absolute Gasteiger partial charge is 0.246 e. The lowest BCUT2D eigenvalue weighted by atomic mass is 10.2. The number of nitrogens with zero attached hydrogens (tertiary/aromatic N) is 2. The fourth-order valence-corrected chi connectivity index (χ4v) is 1.38. The number of methoxy groups -OCH3 is 1. The summed E-state index contributed by atoms with van der Waals surface area (Å²) in [6.07, 6.45) is 0. The van der Waals surface area contributed by atoms with Crippen LogP contribution in [0.2, 0.25) is 0 Å². The number of nitrogens with two attached hydrogens (primary N) is 1. The van der Waals surface area contributed by atoms with Gasteiger partial charge in [0, 0.05) is 12.7 Å². The molecular formula is C11H12FN3O2. The summed E-state index contributed by atoms with van der Waals surface area (Å²) in [5.41, 5.74) is 6.28. The zero-order valence-electron chi connectivity index (χ0n) is 9.26. The third-order valence-electron chi connectivity index (χ3n) is 2.19. The Kier molecular flexibility index (Phi) is 3.46. The van der Waals surface area contributed by atoms with Crippen molar-refractivity contribution < 1.29 is 13.7 Å². The predicted molar refractivity (Wildman–Crippen MR) is 58.5 cm³/mol. The van der Waals surface area contributed by atoms with Crippen LogP contribution in [0, 0.1) is 5.82 Å². The van der Waals surface area contributed by atoms with Crippen molar-refractivity contribution in [1.29, 1.82) is 0 Å². The van der Waals surface area contributed by atoms with Gasteiger partial charge >= 0.3 is 0 Å². The van der Waals surface area contributed by atoms with Gasteiger partial charge in [0.2, 0.25) is 11.7 Å². The van der Waals surface area contributed by atoms with E-state index in [0.717, 1.165) is 0 Å². The zero-order valence-corrected chi connectivity index (χ0v) is 9.26. The van der Waals surface area contributed by atoms with Gasteiger partial charge in [-0.15, -0.1) is 0 Å². The van der Waals surface area contributed by atoms with Gasteiger partial charge in [-0.1, -0.05) is 17.3 Å². The van der Waals surface area contributed by atoms with Gasteiger partial charge in [-0.3, -0.25) is 0 Å². The van der Waals surface area contributed by atoms with Crippen molar-refractivity contribution in [2.45, 2.75) is 6.04 Å². The minimum atomic E-state index is -0.477. The first-order valence-corrected chi connectivity index (χ1v) is 5.05. The Bertz CT molecular complexity index is 501. The second-order valence-electron chi connectivity index (χ2n) is 3.53. The molecule has 1 heterocycles. The molecule has 0 fully saturated rings. The third kappa shape index (κ3) is 2.66. The van der Waals surface area contributed by atoms with E-state index in [1.807, 2.05) is 0 Å². The number of halogens is 1. The number of hydrogen-bond donors (Lipinski definition) is 1. The molecule has 1 atom stereocenters. The Hall–Kier alpha value is -1.79. The zero-order chi connectivity index (χ0) is 12.3. The van der Waals surface area contributed by atoms with Gasteiger partial charge in [0.25, 0.3) is 0 Å². The fourth-order valence-electron chi connectivity index (χ4n) is 1.38. The summed E-state index contributed by atoms with van der Waals surface area (Å²) in [6.45, 7) is 0.283. The highest BCUT2D eigenvalue weighted by atomic mass is 19.1. The molecule has 0 spiro atoms. The Morgan fingerprint density at radius 3 is 3.06 bits per heavy atom. The van der Waals surface area contributed by atoms with Gasteiger partial charge in [-0.2, -0.15) is 4.98 Å². The number of ether oxygens (including phenoxy) is 1. The SMILES string of the molecule is COCC(N)c1nc(-c2cccc(F)c2)no1. The largest absolute Gasteiger partial charge is 0.383 e. The number of benzene rings is 1. The van der Waals surface area contributed by atoms with Crippen molar-refractivity contribution in [2.24, 2.45) is 5.73 Å². The van der Waals surface area contributed by atoms with Crippen molar-refractivity contribution in [2.75, 3.05) is 13.7 Å². The van der Waals surface area contributed by atoms with Crippen molar-refractivity contribution in [3.05, 3.63) is 36.0 Å². The van der Waals surface area contributed by atoms with Crippen LogP contribution in [0.3, 0.4) is 0 Å². The molecule has 0 aliphatic heterocycles. The molecule has 1 aromatic carbocycles. The van der Waals surface area contributed by atoms with Crippen LogP contribution in [-0.2, 0) is 4.74 Å². The summed E-state index contributed by atoms with van der Waals surface area (Å²) in [6, 6.07) is 5.47. The lowest BCUT2D eigenvalue weighted by molar-refractivity contribution is 0.166. The molecule has 0 radical (unpaired) electrons. The standard InChI is InChI=1S/C11H12FN3O2/c1-16-6-9(13)11-14-10(15-17-11)7-3-2-4-8(12)5-7/h2-5,9H,6,13H2,1H3. The van der Waals surface area contributed by atoms with Crippen LogP contribution >= 0.6 is 0 Å². The minimum absolute atomic E-state index is 0.270. The lowest BCUT2D eigenvalue weighted by Crippen LogP contribution is -2.16. The maximum absolute atomic E-state index is 13.0. The number of aromatic nitrogens is 2. The Morgan fingerprint density at radius 1 is 1.53 bits per heavy atom. The molecular weight excluding hydrogens is 225 g/mol. The number of rotatable bonds is 4. The van der Waals surface area contributed by atoms with Gasteiger partial charge in [-0.25, -0.2) is 4.39 Å². The average Bonchev–Trinajstić information content (AvgIpc) is 2.78. The van der Waals surface area contributed by atoms with E-state index < -0.39 is 6.04 Å². The molecule has 2 aromatic rings. The molecule has 90 valence electrons. The molecule has 0 bridgehead atoms. The maximum atomic E-state index is 13.0. The summed E-state index contributed by atoms with van der Waals surface area (Å²) in [5, 5.41) is 3.74. The van der Waals surface area contributed by atoms with Crippen LogP contribution in [-0.4, -0.2) is 23.9 Å². The molecule has 2 N–H and O–H groups in total. The normalized spacial score (nSPS) is 12.6. The van der Waals surface area contributed by atoms with Crippen LogP contribution in [0.1, 0.15) is 11.9 Å². The summed E-state index contributed by atoms with van der Waals surface area (Å²) in [7, 11) is 1.53. The van der Waals surface area contributed by atoms with E-state index in [1.165, 1.54) is 19.2 Å². The quantitative estimate of drug-likeness (QED) is 0.872. The Morgan fingerprint density at radius 2 is 2.35 bits per heavy atom. The summed E-state index contributed by atoms with van der Waals surface area (Å²) in [4.78, 5) is 4.09. The van der Waals surface area contributed by atoms with Crippen LogP contribution < -0.4 is 5.73 Å². The predicted octanol–water partition coefficient (Wildman–Crippen LogP) is 1.52. The van der Waals surface area contributed by atoms with E-state index in [2.05, 4.69) is 10.1 Å². The Labute approximate surface area is 97.4 Å². The van der Waals surface area contributed by atoms with Gasteiger partial charge < -0.3 is 15.0 Å². The van der Waals surface area contributed by atoms with Crippen molar-refractivity contribution >= 4 is 0 Å². The average molecular weight is 237 g/mol. The van der Waals surface area contributed by atoms with Crippen LogP contribution in [0.4, 0.5) is 4.39 Å². The van der Waals surface area contributed by atoms with Gasteiger partial charge in [0.15, 0.2) is 0 Å². The molecule has 0 aliphatic rings. The lowest BCUT2D eigenvalue weighted by Gasteiger charge is -2.02. The third-order valence-corrected chi connectivity index (χ3v) is 2.19. The highest BCUT2D eigenvalue weighted by molar-refractivity contribution is 5.53. The molecule has 6 heteroatoms. The molecule has 1 unspecified atom stereocenters. The summed E-state index contributed by atoms with van der Waals surface area (Å²) in [5.74, 6) is 0.229. The molecule has 0 aliphatic carbocycles. The van der Waals surface area contributed by atoms with E-state index >= 15 is 0 Å².